The highest BCUT2D eigenvalue weighted by molar-refractivity contribution is 7.98. The molecule has 1 aliphatic heterocycles. The van der Waals surface area contributed by atoms with Crippen molar-refractivity contribution in [3.8, 4) is 17.6 Å². The number of ether oxygens (including phenoxy) is 2. The zero-order chi connectivity index (χ0) is 18.8. The SMILES string of the molecule is CCOc1cc2c(cc1CSc1nc(C)c(C)c(C)c1C#N)OC(C)C2. The fraction of sp³-hybridized carbons (Fsp3) is 0.429. The van der Waals surface area contributed by atoms with Crippen LogP contribution in [0.15, 0.2) is 17.2 Å². The van der Waals surface area contributed by atoms with Crippen molar-refractivity contribution >= 4 is 11.8 Å². The summed E-state index contributed by atoms with van der Waals surface area (Å²) in [5, 5.41) is 10.3. The maximum atomic E-state index is 9.56. The van der Waals surface area contributed by atoms with Gasteiger partial charge in [0.15, 0.2) is 0 Å². The quantitative estimate of drug-likeness (QED) is 0.703. The topological polar surface area (TPSA) is 55.1 Å². The van der Waals surface area contributed by atoms with Crippen LogP contribution >= 0.6 is 11.8 Å². The van der Waals surface area contributed by atoms with Gasteiger partial charge in [-0.25, -0.2) is 4.98 Å². The van der Waals surface area contributed by atoms with E-state index < -0.39 is 0 Å². The van der Waals surface area contributed by atoms with Crippen molar-refractivity contribution in [1.29, 1.82) is 5.26 Å². The molecule has 1 aromatic carbocycles. The molecule has 4 nitrogen and oxygen atoms in total. The number of fused-ring (bicyclic) bond motifs is 1. The third kappa shape index (κ3) is 3.52. The maximum absolute atomic E-state index is 9.56. The molecule has 0 fully saturated rings. The van der Waals surface area contributed by atoms with E-state index in [0.717, 1.165) is 45.3 Å². The zero-order valence-corrected chi connectivity index (χ0v) is 16.8. The second-order valence-electron chi connectivity index (χ2n) is 6.66. The van der Waals surface area contributed by atoms with Crippen LogP contribution in [0.3, 0.4) is 0 Å². The van der Waals surface area contributed by atoms with Crippen molar-refractivity contribution in [2.24, 2.45) is 0 Å². The van der Waals surface area contributed by atoms with E-state index >= 15 is 0 Å². The first-order valence-electron chi connectivity index (χ1n) is 8.90. The lowest BCUT2D eigenvalue weighted by molar-refractivity contribution is 0.254. The van der Waals surface area contributed by atoms with Gasteiger partial charge in [-0.05, 0) is 57.9 Å². The Morgan fingerprint density at radius 3 is 2.77 bits per heavy atom. The first-order valence-corrected chi connectivity index (χ1v) is 9.89. The van der Waals surface area contributed by atoms with Crippen LogP contribution in [0, 0.1) is 32.1 Å². The van der Waals surface area contributed by atoms with E-state index in [9.17, 15) is 5.26 Å². The summed E-state index contributed by atoms with van der Waals surface area (Å²) < 4.78 is 11.8. The van der Waals surface area contributed by atoms with Gasteiger partial charge >= 0.3 is 0 Å². The summed E-state index contributed by atoms with van der Waals surface area (Å²) in [6.07, 6.45) is 1.12. The highest BCUT2D eigenvalue weighted by Gasteiger charge is 2.22. The Hall–Kier alpha value is -2.19. The molecule has 136 valence electrons. The van der Waals surface area contributed by atoms with Gasteiger partial charge in [-0.3, -0.25) is 0 Å². The van der Waals surface area contributed by atoms with Gasteiger partial charge in [-0.15, -0.1) is 11.8 Å². The molecule has 0 saturated carbocycles. The van der Waals surface area contributed by atoms with Gasteiger partial charge in [0.05, 0.1) is 12.2 Å². The summed E-state index contributed by atoms with van der Waals surface area (Å²) in [5.74, 6) is 2.53. The lowest BCUT2D eigenvalue weighted by Crippen LogP contribution is -2.05. The van der Waals surface area contributed by atoms with Crippen molar-refractivity contribution in [2.75, 3.05) is 6.61 Å². The number of rotatable bonds is 5. The normalized spacial score (nSPS) is 15.3. The van der Waals surface area contributed by atoms with Gasteiger partial charge in [0.25, 0.3) is 0 Å². The van der Waals surface area contributed by atoms with Crippen LogP contribution in [0.2, 0.25) is 0 Å². The Labute approximate surface area is 159 Å². The molecule has 1 atom stereocenters. The number of aryl methyl sites for hydroxylation is 1. The second kappa shape index (κ2) is 7.59. The fourth-order valence-corrected chi connectivity index (χ4v) is 4.24. The minimum Gasteiger partial charge on any atom is -0.494 e. The molecule has 0 spiro atoms. The van der Waals surface area contributed by atoms with Crippen LogP contribution in [0.25, 0.3) is 0 Å². The summed E-state index contributed by atoms with van der Waals surface area (Å²) in [7, 11) is 0. The molecule has 5 heteroatoms. The highest BCUT2D eigenvalue weighted by Crippen LogP contribution is 2.38. The number of nitrogens with zero attached hydrogens (tertiary/aromatic N) is 2. The molecule has 0 saturated heterocycles. The number of aromatic nitrogens is 1. The Balaban J connectivity index is 1.91. The number of hydrogen-bond acceptors (Lipinski definition) is 5. The average molecular weight is 369 g/mol. The first kappa shape index (κ1) is 18.6. The van der Waals surface area contributed by atoms with Crippen LogP contribution in [0.4, 0.5) is 0 Å². The smallest absolute Gasteiger partial charge is 0.123 e. The molecular formula is C21H24N2O2S. The monoisotopic (exact) mass is 368 g/mol. The van der Waals surface area contributed by atoms with Crippen molar-refractivity contribution in [3.63, 3.8) is 0 Å². The zero-order valence-electron chi connectivity index (χ0n) is 16.0. The summed E-state index contributed by atoms with van der Waals surface area (Å²) >= 11 is 1.58. The lowest BCUT2D eigenvalue weighted by Gasteiger charge is -2.14. The molecule has 1 aliphatic rings. The van der Waals surface area contributed by atoms with Gasteiger partial charge in [0, 0.05) is 29.0 Å². The third-order valence-corrected chi connectivity index (χ3v) is 5.84. The highest BCUT2D eigenvalue weighted by atomic mass is 32.2. The Morgan fingerprint density at radius 2 is 2.08 bits per heavy atom. The molecule has 0 radical (unpaired) electrons. The minimum absolute atomic E-state index is 0.205. The van der Waals surface area contributed by atoms with E-state index in [0.29, 0.717) is 17.9 Å². The lowest BCUT2D eigenvalue weighted by atomic mass is 10.1. The third-order valence-electron chi connectivity index (χ3n) is 4.82. The summed E-state index contributed by atoms with van der Waals surface area (Å²) in [5.41, 5.74) is 6.01. The predicted molar refractivity (Wildman–Crippen MR) is 104 cm³/mol. The van der Waals surface area contributed by atoms with Gasteiger partial charge in [0.1, 0.15) is 28.7 Å². The van der Waals surface area contributed by atoms with Crippen LogP contribution in [-0.2, 0) is 12.2 Å². The molecule has 1 aromatic heterocycles. The molecular weight excluding hydrogens is 344 g/mol. The van der Waals surface area contributed by atoms with Crippen molar-refractivity contribution in [3.05, 3.63) is 45.6 Å². The maximum Gasteiger partial charge on any atom is 0.123 e. The van der Waals surface area contributed by atoms with E-state index in [1.165, 1.54) is 5.56 Å². The van der Waals surface area contributed by atoms with Crippen molar-refractivity contribution < 1.29 is 9.47 Å². The molecule has 0 amide bonds. The molecule has 0 N–H and O–H groups in total. The number of hydrogen-bond donors (Lipinski definition) is 0. The number of thioether (sulfide) groups is 1. The van der Waals surface area contributed by atoms with E-state index in [4.69, 9.17) is 9.47 Å². The molecule has 0 aliphatic carbocycles. The second-order valence-corrected chi connectivity index (χ2v) is 7.63. The summed E-state index contributed by atoms with van der Waals surface area (Å²) in [6, 6.07) is 6.50. The van der Waals surface area contributed by atoms with Crippen LogP contribution in [0.5, 0.6) is 11.5 Å². The largest absolute Gasteiger partial charge is 0.494 e. The van der Waals surface area contributed by atoms with E-state index in [-0.39, 0.29) is 6.10 Å². The molecule has 2 heterocycles. The van der Waals surface area contributed by atoms with Crippen LogP contribution in [0.1, 0.15) is 47.4 Å². The number of nitriles is 1. The van der Waals surface area contributed by atoms with Gasteiger partial charge < -0.3 is 9.47 Å². The first-order chi connectivity index (χ1) is 12.4. The Kier molecular flexibility index (Phi) is 5.43. The molecule has 1 unspecified atom stereocenters. The van der Waals surface area contributed by atoms with Crippen molar-refractivity contribution in [1.82, 2.24) is 4.98 Å². The number of benzene rings is 1. The van der Waals surface area contributed by atoms with Gasteiger partial charge in [-0.1, -0.05) is 0 Å². The summed E-state index contributed by atoms with van der Waals surface area (Å²) in [4.78, 5) is 4.65. The molecule has 26 heavy (non-hydrogen) atoms. The van der Waals surface area contributed by atoms with E-state index in [2.05, 4.69) is 30.1 Å². The predicted octanol–water partition coefficient (Wildman–Crippen LogP) is 4.89. The molecule has 3 rings (SSSR count). The van der Waals surface area contributed by atoms with Gasteiger partial charge in [0.2, 0.25) is 0 Å². The van der Waals surface area contributed by atoms with Crippen LogP contribution < -0.4 is 9.47 Å². The average Bonchev–Trinajstić information content (AvgIpc) is 2.97. The molecule has 2 aromatic rings. The standard InChI is InChI=1S/C21H24N2O2S/c1-6-24-19-8-16-7-12(2)25-20(16)9-17(19)11-26-21-18(10-22)14(4)13(3)15(5)23-21/h8-9,12H,6-7,11H2,1-5H3. The minimum atomic E-state index is 0.205. The summed E-state index contributed by atoms with van der Waals surface area (Å²) in [6.45, 7) is 10.7. The van der Waals surface area contributed by atoms with Crippen LogP contribution in [-0.4, -0.2) is 17.7 Å². The van der Waals surface area contributed by atoms with E-state index in [1.807, 2.05) is 27.7 Å². The van der Waals surface area contributed by atoms with Gasteiger partial charge in [-0.2, -0.15) is 5.26 Å². The van der Waals surface area contributed by atoms with Crippen molar-refractivity contribution in [2.45, 2.75) is 57.9 Å². The Bertz CT molecular complexity index is 887. The fourth-order valence-electron chi connectivity index (χ4n) is 3.18. The number of pyridine rings is 1. The molecule has 0 bridgehead atoms. The van der Waals surface area contributed by atoms with E-state index in [1.54, 1.807) is 11.8 Å². The Morgan fingerprint density at radius 1 is 1.31 bits per heavy atom.